The van der Waals surface area contributed by atoms with E-state index >= 15 is 0 Å². The fourth-order valence-electron chi connectivity index (χ4n) is 2.25. The smallest absolute Gasteiger partial charge is 0.305 e. The quantitative estimate of drug-likeness (QED) is 0.858. The van der Waals surface area contributed by atoms with Gasteiger partial charge in [-0.15, -0.1) is 0 Å². The van der Waals surface area contributed by atoms with Crippen molar-refractivity contribution in [2.45, 2.75) is 19.8 Å². The maximum atomic E-state index is 13.9. The largest absolute Gasteiger partial charge is 0.481 e. The molecule has 2 aromatic rings. The van der Waals surface area contributed by atoms with Crippen LogP contribution >= 0.6 is 0 Å². The molecule has 2 rings (SSSR count). The summed E-state index contributed by atoms with van der Waals surface area (Å²) in [6.45, 7) is 1.98. The van der Waals surface area contributed by atoms with Crippen molar-refractivity contribution < 1.29 is 19.1 Å². The lowest BCUT2D eigenvalue weighted by Gasteiger charge is -2.10. The second-order valence-corrected chi connectivity index (χ2v) is 5.01. The van der Waals surface area contributed by atoms with Gasteiger partial charge in [0.05, 0.1) is 6.42 Å². The van der Waals surface area contributed by atoms with Gasteiger partial charge in [0.2, 0.25) is 0 Å². The molecule has 0 radical (unpaired) electrons. The number of aliphatic carboxylic acids is 1. The molecule has 1 aromatic carbocycles. The number of nitrogens with one attached hydrogen (secondary N) is 1. The third-order valence-corrected chi connectivity index (χ3v) is 3.39. The van der Waals surface area contributed by atoms with Crippen LogP contribution in [0.1, 0.15) is 29.3 Å². The minimum absolute atomic E-state index is 0.00683. The number of nitrogens with zero attached hydrogens (tertiary/aromatic N) is 1. The minimum atomic E-state index is -1.01. The number of hydrogen-bond acceptors (Lipinski definition) is 3. The van der Waals surface area contributed by atoms with E-state index in [4.69, 9.17) is 5.11 Å². The summed E-state index contributed by atoms with van der Waals surface area (Å²) in [5.74, 6) is -2.04. The highest BCUT2D eigenvalue weighted by Gasteiger charge is 2.12. The summed E-state index contributed by atoms with van der Waals surface area (Å²) in [6.07, 6.45) is 3.88. The number of carbonyl (C=O) groups excluding carboxylic acids is 1. The van der Waals surface area contributed by atoms with Gasteiger partial charge in [0, 0.05) is 30.1 Å². The highest BCUT2D eigenvalue weighted by Crippen LogP contribution is 2.25. The Morgan fingerprint density at radius 1 is 1.30 bits per heavy atom. The van der Waals surface area contributed by atoms with Crippen LogP contribution in [0.5, 0.6) is 0 Å². The third kappa shape index (κ3) is 4.35. The van der Waals surface area contributed by atoms with Crippen molar-refractivity contribution >= 4 is 11.9 Å². The molecule has 0 unspecified atom stereocenters. The van der Waals surface area contributed by atoms with Crippen LogP contribution in [0.25, 0.3) is 11.1 Å². The molecule has 0 saturated heterocycles. The standard InChI is InChI=1S/C17H17FN2O3/c1-2-11-3-5-19-10-15(11)12-7-13(9-14(18)8-12)17(23)20-6-4-16(21)22/h3,5,7-10H,2,4,6H2,1H3,(H,20,23)(H,21,22). The predicted molar refractivity (Wildman–Crippen MR) is 83.6 cm³/mol. The maximum absolute atomic E-state index is 13.9. The Labute approximate surface area is 133 Å². The van der Waals surface area contributed by atoms with Gasteiger partial charge in [0.25, 0.3) is 5.91 Å². The van der Waals surface area contributed by atoms with E-state index in [2.05, 4.69) is 10.3 Å². The molecule has 1 heterocycles. The first-order valence-corrected chi connectivity index (χ1v) is 7.25. The number of rotatable bonds is 6. The fourth-order valence-corrected chi connectivity index (χ4v) is 2.25. The number of carboxylic acid groups (broad SMARTS) is 1. The number of aromatic nitrogens is 1. The Morgan fingerprint density at radius 3 is 2.78 bits per heavy atom. The van der Waals surface area contributed by atoms with Gasteiger partial charge in [-0.05, 0) is 41.8 Å². The summed E-state index contributed by atoms with van der Waals surface area (Å²) in [5.41, 5.74) is 2.49. The average Bonchev–Trinajstić information content (AvgIpc) is 2.53. The van der Waals surface area contributed by atoms with Gasteiger partial charge in [-0.3, -0.25) is 14.6 Å². The molecule has 120 valence electrons. The Balaban J connectivity index is 2.28. The van der Waals surface area contributed by atoms with Gasteiger partial charge in [-0.25, -0.2) is 4.39 Å². The summed E-state index contributed by atoms with van der Waals surface area (Å²) in [5, 5.41) is 11.0. The van der Waals surface area contributed by atoms with Gasteiger partial charge in [0.15, 0.2) is 0 Å². The maximum Gasteiger partial charge on any atom is 0.305 e. The summed E-state index contributed by atoms with van der Waals surface area (Å²) in [4.78, 5) is 26.5. The summed E-state index contributed by atoms with van der Waals surface area (Å²) in [6, 6.07) is 5.91. The van der Waals surface area contributed by atoms with Crippen molar-refractivity contribution in [2.75, 3.05) is 6.54 Å². The van der Waals surface area contributed by atoms with Crippen LogP contribution in [0, 0.1) is 5.82 Å². The normalized spacial score (nSPS) is 10.3. The zero-order valence-electron chi connectivity index (χ0n) is 12.7. The molecule has 0 aliphatic rings. The molecule has 6 heteroatoms. The topological polar surface area (TPSA) is 79.3 Å². The van der Waals surface area contributed by atoms with Crippen LogP contribution in [-0.2, 0) is 11.2 Å². The first kappa shape index (κ1) is 16.6. The number of carboxylic acids is 1. The van der Waals surface area contributed by atoms with Crippen LogP contribution < -0.4 is 5.32 Å². The Bertz CT molecular complexity index is 732. The SMILES string of the molecule is CCc1ccncc1-c1cc(F)cc(C(=O)NCCC(=O)O)c1. The average molecular weight is 316 g/mol. The lowest BCUT2D eigenvalue weighted by molar-refractivity contribution is -0.136. The number of amides is 1. The van der Waals surface area contributed by atoms with Crippen molar-refractivity contribution in [3.8, 4) is 11.1 Å². The van der Waals surface area contributed by atoms with Crippen molar-refractivity contribution in [1.29, 1.82) is 0 Å². The number of benzene rings is 1. The van der Waals surface area contributed by atoms with Crippen molar-refractivity contribution in [3.05, 3.63) is 53.6 Å². The molecule has 23 heavy (non-hydrogen) atoms. The molecular weight excluding hydrogens is 299 g/mol. The van der Waals surface area contributed by atoms with E-state index in [0.29, 0.717) is 5.56 Å². The Kier molecular flexibility index (Phi) is 5.41. The zero-order chi connectivity index (χ0) is 16.8. The zero-order valence-corrected chi connectivity index (χ0v) is 12.7. The van der Waals surface area contributed by atoms with Crippen molar-refractivity contribution in [2.24, 2.45) is 0 Å². The first-order chi connectivity index (χ1) is 11.0. The number of aryl methyl sites for hydroxylation is 1. The third-order valence-electron chi connectivity index (χ3n) is 3.39. The number of carbonyl (C=O) groups is 2. The van der Waals surface area contributed by atoms with E-state index in [0.717, 1.165) is 23.6 Å². The van der Waals surface area contributed by atoms with Crippen LogP contribution in [0.2, 0.25) is 0 Å². The molecule has 0 atom stereocenters. The second kappa shape index (κ2) is 7.49. The van der Waals surface area contributed by atoms with E-state index < -0.39 is 17.7 Å². The Hall–Kier alpha value is -2.76. The second-order valence-electron chi connectivity index (χ2n) is 5.01. The molecule has 1 aromatic heterocycles. The summed E-state index contributed by atoms with van der Waals surface area (Å²) in [7, 11) is 0. The molecule has 2 N–H and O–H groups in total. The predicted octanol–water partition coefficient (Wildman–Crippen LogP) is 2.65. The highest BCUT2D eigenvalue weighted by molar-refractivity contribution is 5.95. The molecular formula is C17H17FN2O3. The molecule has 5 nitrogen and oxygen atoms in total. The van der Waals surface area contributed by atoms with E-state index in [1.807, 2.05) is 13.0 Å². The van der Waals surface area contributed by atoms with Gasteiger partial charge in [-0.1, -0.05) is 6.92 Å². The molecule has 0 saturated carbocycles. The van der Waals surface area contributed by atoms with E-state index in [9.17, 15) is 14.0 Å². The first-order valence-electron chi connectivity index (χ1n) is 7.25. The van der Waals surface area contributed by atoms with Crippen LogP contribution in [-0.4, -0.2) is 28.5 Å². The molecule has 0 bridgehead atoms. The van der Waals surface area contributed by atoms with Crippen LogP contribution in [0.3, 0.4) is 0 Å². The minimum Gasteiger partial charge on any atom is -0.481 e. The van der Waals surface area contributed by atoms with Gasteiger partial charge >= 0.3 is 5.97 Å². The van der Waals surface area contributed by atoms with Crippen LogP contribution in [0.15, 0.2) is 36.7 Å². The van der Waals surface area contributed by atoms with Crippen molar-refractivity contribution in [1.82, 2.24) is 10.3 Å². The van der Waals surface area contributed by atoms with Gasteiger partial charge in [0.1, 0.15) is 5.82 Å². The Morgan fingerprint density at radius 2 is 2.09 bits per heavy atom. The van der Waals surface area contributed by atoms with Crippen LogP contribution in [0.4, 0.5) is 4.39 Å². The highest BCUT2D eigenvalue weighted by atomic mass is 19.1. The summed E-state index contributed by atoms with van der Waals surface area (Å²) < 4.78 is 13.9. The molecule has 1 amide bonds. The number of halogens is 1. The van der Waals surface area contributed by atoms with Gasteiger partial charge < -0.3 is 10.4 Å². The fraction of sp³-hybridized carbons (Fsp3) is 0.235. The molecule has 0 aliphatic heterocycles. The lowest BCUT2D eigenvalue weighted by atomic mass is 9.98. The molecule has 0 aliphatic carbocycles. The number of pyridine rings is 1. The molecule has 0 fully saturated rings. The van der Waals surface area contributed by atoms with E-state index in [1.165, 1.54) is 6.07 Å². The lowest BCUT2D eigenvalue weighted by Crippen LogP contribution is -2.26. The monoisotopic (exact) mass is 316 g/mol. The van der Waals surface area contributed by atoms with Crippen molar-refractivity contribution in [3.63, 3.8) is 0 Å². The number of hydrogen-bond donors (Lipinski definition) is 2. The summed E-state index contributed by atoms with van der Waals surface area (Å²) >= 11 is 0. The van der Waals surface area contributed by atoms with Gasteiger partial charge in [-0.2, -0.15) is 0 Å². The molecule has 0 spiro atoms. The van der Waals surface area contributed by atoms with E-state index in [-0.39, 0.29) is 18.5 Å². The van der Waals surface area contributed by atoms with E-state index in [1.54, 1.807) is 18.5 Å².